The van der Waals surface area contributed by atoms with Crippen LogP contribution in [0.5, 0.6) is 0 Å². The quantitative estimate of drug-likeness (QED) is 0.542. The lowest BCUT2D eigenvalue weighted by atomic mass is 9.79. The van der Waals surface area contributed by atoms with Crippen molar-refractivity contribution in [1.82, 2.24) is 15.2 Å². The van der Waals surface area contributed by atoms with Gasteiger partial charge >= 0.3 is 24.2 Å². The number of pyridine rings is 1. The molecule has 0 radical (unpaired) electrons. The minimum atomic E-state index is -5.08. The molecule has 2 amide bonds. The molecule has 2 fully saturated rings. The van der Waals surface area contributed by atoms with Crippen molar-refractivity contribution < 1.29 is 47.3 Å². The van der Waals surface area contributed by atoms with Gasteiger partial charge in [0.05, 0.1) is 6.04 Å². The number of rotatable bonds is 4. The van der Waals surface area contributed by atoms with E-state index < -0.39 is 24.2 Å². The Morgan fingerprint density at radius 2 is 1.88 bits per heavy atom. The van der Waals surface area contributed by atoms with E-state index in [0.29, 0.717) is 24.2 Å². The SMILES string of the molecule is CN(C(=O)OCC1=C(C(=O)O)N2C(=O)[C@H]3NCCC1[C@H]32)c1ccncc1.O=C(O)C(F)(F)F. The van der Waals surface area contributed by atoms with Gasteiger partial charge < -0.3 is 20.3 Å². The number of aromatic nitrogens is 1. The minimum absolute atomic E-state index is 0.0377. The number of carboxylic acids is 2. The number of carbonyl (C=O) groups excluding carboxylic acids is 2. The molecule has 3 N–H and O–H groups in total. The van der Waals surface area contributed by atoms with Crippen LogP contribution in [0, 0.1) is 5.92 Å². The second-order valence-electron chi connectivity index (χ2n) is 7.33. The largest absolute Gasteiger partial charge is 0.490 e. The molecular weight excluding hydrogens is 453 g/mol. The van der Waals surface area contributed by atoms with E-state index >= 15 is 0 Å². The van der Waals surface area contributed by atoms with Crippen molar-refractivity contribution >= 4 is 29.6 Å². The molecule has 1 aromatic rings. The number of anilines is 1. The number of alkyl halides is 3. The van der Waals surface area contributed by atoms with Crippen LogP contribution in [0.1, 0.15) is 6.42 Å². The van der Waals surface area contributed by atoms with Crippen LogP contribution in [0.2, 0.25) is 0 Å². The number of aliphatic carboxylic acids is 2. The van der Waals surface area contributed by atoms with Gasteiger partial charge in [0.25, 0.3) is 0 Å². The lowest BCUT2D eigenvalue weighted by Crippen LogP contribution is -2.72. The summed E-state index contributed by atoms with van der Waals surface area (Å²) in [4.78, 5) is 51.7. The maximum absolute atomic E-state index is 12.3. The average molecular weight is 472 g/mol. The molecule has 4 rings (SSSR count). The van der Waals surface area contributed by atoms with Gasteiger partial charge in [0.15, 0.2) is 0 Å². The van der Waals surface area contributed by atoms with Gasteiger partial charge in [-0.2, -0.15) is 13.2 Å². The number of piperidine rings is 1. The Labute approximate surface area is 184 Å². The smallest absolute Gasteiger partial charge is 0.477 e. The fourth-order valence-corrected chi connectivity index (χ4v) is 3.99. The zero-order valence-electron chi connectivity index (χ0n) is 17.1. The first-order chi connectivity index (χ1) is 15.4. The van der Waals surface area contributed by atoms with Crippen LogP contribution < -0.4 is 10.2 Å². The van der Waals surface area contributed by atoms with Crippen molar-refractivity contribution in [2.24, 2.45) is 5.92 Å². The van der Waals surface area contributed by atoms with E-state index in [1.165, 1.54) is 9.80 Å². The normalized spacial score (nSPS) is 23.1. The molecule has 2 saturated heterocycles. The zero-order valence-corrected chi connectivity index (χ0v) is 17.1. The van der Waals surface area contributed by atoms with E-state index in [0.717, 1.165) is 0 Å². The predicted molar refractivity (Wildman–Crippen MR) is 103 cm³/mol. The maximum Gasteiger partial charge on any atom is 0.490 e. The van der Waals surface area contributed by atoms with E-state index in [2.05, 4.69) is 10.3 Å². The number of nitrogens with zero attached hydrogens (tertiary/aromatic N) is 3. The Morgan fingerprint density at radius 1 is 1.27 bits per heavy atom. The van der Waals surface area contributed by atoms with Crippen LogP contribution in [0.3, 0.4) is 0 Å². The average Bonchev–Trinajstić information content (AvgIpc) is 3.10. The minimum Gasteiger partial charge on any atom is -0.477 e. The highest BCUT2D eigenvalue weighted by Gasteiger charge is 2.61. The number of amides is 2. The van der Waals surface area contributed by atoms with E-state index in [9.17, 15) is 32.7 Å². The van der Waals surface area contributed by atoms with Crippen molar-refractivity contribution in [3.63, 3.8) is 0 Å². The second kappa shape index (κ2) is 9.05. The Balaban J connectivity index is 0.000000383. The number of carboxylic acid groups (broad SMARTS) is 2. The lowest BCUT2D eigenvalue weighted by molar-refractivity contribution is -0.192. The molecule has 11 nitrogen and oxygen atoms in total. The molecule has 0 spiro atoms. The highest BCUT2D eigenvalue weighted by atomic mass is 19.4. The standard InChI is InChI=1S/C17H18N4O5.C2HF3O2/c1-20(9-2-5-18-6-3-9)17(25)26-8-11-10-4-7-19-12-13(10)21(15(12)22)14(11)16(23)24;3-2(4,5)1(6)7/h2-3,5-6,10,12-13,19H,4,7-8H2,1H3,(H,23,24);(H,6,7)/t10?,12-,13+;/m0./s1. The van der Waals surface area contributed by atoms with E-state index in [4.69, 9.17) is 14.6 Å². The second-order valence-corrected chi connectivity index (χ2v) is 7.33. The van der Waals surface area contributed by atoms with Crippen LogP contribution in [-0.2, 0) is 19.1 Å². The number of halogens is 3. The molecule has 0 saturated carbocycles. The first-order valence-corrected chi connectivity index (χ1v) is 9.58. The third kappa shape index (κ3) is 4.60. The highest BCUT2D eigenvalue weighted by Crippen LogP contribution is 2.46. The molecule has 0 aromatic carbocycles. The highest BCUT2D eigenvalue weighted by molar-refractivity contribution is 6.01. The van der Waals surface area contributed by atoms with Crippen molar-refractivity contribution in [3.8, 4) is 0 Å². The van der Waals surface area contributed by atoms with Gasteiger partial charge in [-0.3, -0.25) is 19.6 Å². The van der Waals surface area contributed by atoms with Crippen LogP contribution >= 0.6 is 0 Å². The topological polar surface area (TPSA) is 149 Å². The van der Waals surface area contributed by atoms with Gasteiger partial charge in [0.2, 0.25) is 5.91 Å². The summed E-state index contributed by atoms with van der Waals surface area (Å²) >= 11 is 0. The third-order valence-corrected chi connectivity index (χ3v) is 5.49. The molecule has 33 heavy (non-hydrogen) atoms. The Morgan fingerprint density at radius 3 is 2.42 bits per heavy atom. The van der Waals surface area contributed by atoms with E-state index in [1.54, 1.807) is 31.6 Å². The Hall–Kier alpha value is -3.68. The number of ether oxygens (including phenoxy) is 1. The zero-order chi connectivity index (χ0) is 24.5. The van der Waals surface area contributed by atoms with Gasteiger partial charge in [0, 0.05) is 36.6 Å². The predicted octanol–water partition coefficient (Wildman–Crippen LogP) is 0.829. The Bertz CT molecular complexity index is 999. The molecular formula is C19H19F3N4O7. The van der Waals surface area contributed by atoms with Crippen LogP contribution in [-0.4, -0.2) is 82.5 Å². The number of nitrogens with one attached hydrogen (secondary N) is 1. The monoisotopic (exact) mass is 472 g/mol. The summed E-state index contributed by atoms with van der Waals surface area (Å²) in [6.45, 7) is 0.486. The van der Waals surface area contributed by atoms with Crippen molar-refractivity contribution in [2.75, 3.05) is 25.1 Å². The molecule has 0 aliphatic carbocycles. The summed E-state index contributed by atoms with van der Waals surface area (Å²) < 4.78 is 37.1. The fourth-order valence-electron chi connectivity index (χ4n) is 3.99. The fraction of sp³-hybridized carbons (Fsp3) is 0.421. The summed E-state index contributed by atoms with van der Waals surface area (Å²) in [5.41, 5.74) is 1.09. The first-order valence-electron chi connectivity index (χ1n) is 9.58. The molecule has 1 aromatic heterocycles. The van der Waals surface area contributed by atoms with Gasteiger partial charge in [0.1, 0.15) is 18.3 Å². The Kier molecular flexibility index (Phi) is 6.58. The van der Waals surface area contributed by atoms with Crippen molar-refractivity contribution in [1.29, 1.82) is 0 Å². The number of β-lactam (4-membered cyclic amide) rings is 1. The molecule has 178 valence electrons. The molecule has 0 bridgehead atoms. The van der Waals surface area contributed by atoms with Crippen molar-refractivity contribution in [3.05, 3.63) is 35.8 Å². The molecule has 3 atom stereocenters. The summed E-state index contributed by atoms with van der Waals surface area (Å²) in [5, 5.41) is 19.8. The number of carbonyl (C=O) groups is 4. The summed E-state index contributed by atoms with van der Waals surface area (Å²) in [6, 6.07) is 2.81. The van der Waals surface area contributed by atoms with Crippen LogP contribution in [0.25, 0.3) is 0 Å². The molecule has 14 heteroatoms. The molecule has 3 aliphatic rings. The maximum atomic E-state index is 12.3. The van der Waals surface area contributed by atoms with E-state index in [-0.39, 0.29) is 36.2 Å². The van der Waals surface area contributed by atoms with Crippen molar-refractivity contribution in [2.45, 2.75) is 24.7 Å². The summed E-state index contributed by atoms with van der Waals surface area (Å²) in [5.74, 6) is -4.25. The van der Waals surface area contributed by atoms with Gasteiger partial charge in [-0.15, -0.1) is 0 Å². The van der Waals surface area contributed by atoms with Gasteiger partial charge in [-0.25, -0.2) is 14.4 Å². The number of hydrogen-bond donors (Lipinski definition) is 3. The molecule has 3 aliphatic heterocycles. The lowest BCUT2D eigenvalue weighted by Gasteiger charge is -2.48. The number of hydrogen-bond acceptors (Lipinski definition) is 7. The molecule has 1 unspecified atom stereocenters. The third-order valence-electron chi connectivity index (χ3n) is 5.49. The van der Waals surface area contributed by atoms with E-state index in [1.807, 2.05) is 0 Å². The van der Waals surface area contributed by atoms with Gasteiger partial charge in [-0.1, -0.05) is 0 Å². The molecule has 4 heterocycles. The van der Waals surface area contributed by atoms with Crippen LogP contribution in [0.15, 0.2) is 35.8 Å². The summed E-state index contributed by atoms with van der Waals surface area (Å²) in [6.07, 6.45) is -1.85. The first kappa shape index (κ1) is 24.0. The van der Waals surface area contributed by atoms with Gasteiger partial charge in [-0.05, 0) is 25.1 Å². The van der Waals surface area contributed by atoms with Crippen LogP contribution in [0.4, 0.5) is 23.7 Å². The summed E-state index contributed by atoms with van der Waals surface area (Å²) in [7, 11) is 1.57.